The van der Waals surface area contributed by atoms with Crippen LogP contribution in [-0.2, 0) is 16.3 Å². The predicted octanol–water partition coefficient (Wildman–Crippen LogP) is 5.07. The van der Waals surface area contributed by atoms with Crippen LogP contribution in [0.3, 0.4) is 0 Å². The molecular formula is C21H17F4NO3S. The van der Waals surface area contributed by atoms with E-state index < -0.39 is 28.3 Å². The molecule has 3 aromatic rings. The summed E-state index contributed by atoms with van der Waals surface area (Å²) >= 11 is 0. The summed E-state index contributed by atoms with van der Waals surface area (Å²) in [5.41, 5.74) is 1.04. The van der Waals surface area contributed by atoms with E-state index in [0.29, 0.717) is 16.7 Å². The monoisotopic (exact) mass is 439 g/mol. The molecule has 0 N–H and O–H groups in total. The number of sulfone groups is 1. The van der Waals surface area contributed by atoms with Crippen LogP contribution in [0.25, 0.3) is 22.3 Å². The van der Waals surface area contributed by atoms with Crippen molar-refractivity contribution in [1.82, 2.24) is 4.98 Å². The van der Waals surface area contributed by atoms with Gasteiger partial charge in [0.1, 0.15) is 5.82 Å². The van der Waals surface area contributed by atoms with E-state index in [1.165, 1.54) is 49.6 Å². The van der Waals surface area contributed by atoms with Gasteiger partial charge in [0.05, 0.1) is 24.1 Å². The highest BCUT2D eigenvalue weighted by Crippen LogP contribution is 2.39. The minimum Gasteiger partial charge on any atom is -0.481 e. The third-order valence-electron chi connectivity index (χ3n) is 4.37. The Morgan fingerprint density at radius 3 is 2.03 bits per heavy atom. The topological polar surface area (TPSA) is 56.3 Å². The Balaban J connectivity index is 2.29. The van der Waals surface area contributed by atoms with Gasteiger partial charge in [-0.05, 0) is 41.0 Å². The highest BCUT2D eigenvalue weighted by molar-refractivity contribution is 7.90. The number of halogens is 4. The van der Waals surface area contributed by atoms with Gasteiger partial charge in [-0.25, -0.2) is 17.8 Å². The predicted molar refractivity (Wildman–Crippen MR) is 104 cm³/mol. The van der Waals surface area contributed by atoms with Gasteiger partial charge in [0.15, 0.2) is 9.84 Å². The molecule has 0 amide bonds. The average Bonchev–Trinajstić information content (AvgIpc) is 2.66. The molecule has 0 saturated heterocycles. The van der Waals surface area contributed by atoms with Crippen LogP contribution in [0.2, 0.25) is 0 Å². The standard InChI is InChI=1S/C21H17F4NO3S/c1-29-19-11-17(13-5-9-16(10-6-13)30(2,27)28)20(14-3-7-15(22)8-4-14)18(26-19)12-21(23,24)25/h3-11H,12H2,1-2H3. The first-order valence-corrected chi connectivity index (χ1v) is 10.6. The number of hydrogen-bond acceptors (Lipinski definition) is 4. The molecule has 0 atom stereocenters. The van der Waals surface area contributed by atoms with E-state index in [-0.39, 0.29) is 22.0 Å². The van der Waals surface area contributed by atoms with E-state index in [9.17, 15) is 26.0 Å². The molecular weight excluding hydrogens is 422 g/mol. The first-order chi connectivity index (χ1) is 14.0. The van der Waals surface area contributed by atoms with Crippen LogP contribution in [0.15, 0.2) is 59.5 Å². The number of ether oxygens (including phenoxy) is 1. The number of aromatic nitrogens is 1. The minimum atomic E-state index is -4.54. The van der Waals surface area contributed by atoms with E-state index >= 15 is 0 Å². The number of methoxy groups -OCH3 is 1. The molecule has 0 fully saturated rings. The van der Waals surface area contributed by atoms with Gasteiger partial charge < -0.3 is 4.74 Å². The Morgan fingerprint density at radius 1 is 0.967 bits per heavy atom. The zero-order valence-corrected chi connectivity index (χ0v) is 16.8. The Labute approximate surface area is 171 Å². The summed E-state index contributed by atoms with van der Waals surface area (Å²) < 4.78 is 81.7. The molecule has 0 unspecified atom stereocenters. The van der Waals surface area contributed by atoms with E-state index in [1.54, 1.807) is 0 Å². The lowest BCUT2D eigenvalue weighted by atomic mass is 9.92. The summed E-state index contributed by atoms with van der Waals surface area (Å²) in [6.07, 6.45) is -4.79. The number of nitrogens with zero attached hydrogens (tertiary/aromatic N) is 1. The van der Waals surface area contributed by atoms with Gasteiger partial charge in [0.25, 0.3) is 0 Å². The molecule has 0 aliphatic carbocycles. The van der Waals surface area contributed by atoms with Gasteiger partial charge in [-0.15, -0.1) is 0 Å². The van der Waals surface area contributed by atoms with Crippen molar-refractivity contribution < 1.29 is 30.7 Å². The molecule has 1 aromatic heterocycles. The maximum absolute atomic E-state index is 13.4. The summed E-state index contributed by atoms with van der Waals surface area (Å²) in [5, 5.41) is 0. The minimum absolute atomic E-state index is 0.0256. The van der Waals surface area contributed by atoms with Crippen molar-refractivity contribution in [3.8, 4) is 28.1 Å². The lowest BCUT2D eigenvalue weighted by Crippen LogP contribution is -2.14. The van der Waals surface area contributed by atoms with Gasteiger partial charge in [0, 0.05) is 17.9 Å². The molecule has 4 nitrogen and oxygen atoms in total. The number of pyridine rings is 1. The van der Waals surface area contributed by atoms with Crippen LogP contribution in [0.1, 0.15) is 5.69 Å². The van der Waals surface area contributed by atoms with E-state index in [2.05, 4.69) is 4.98 Å². The van der Waals surface area contributed by atoms with Crippen LogP contribution in [0, 0.1) is 5.82 Å². The van der Waals surface area contributed by atoms with E-state index in [0.717, 1.165) is 18.4 Å². The third kappa shape index (κ3) is 4.96. The quantitative estimate of drug-likeness (QED) is 0.521. The molecule has 3 rings (SSSR count). The molecule has 30 heavy (non-hydrogen) atoms. The zero-order valence-electron chi connectivity index (χ0n) is 16.0. The van der Waals surface area contributed by atoms with Crippen molar-refractivity contribution in [3.63, 3.8) is 0 Å². The molecule has 0 radical (unpaired) electrons. The van der Waals surface area contributed by atoms with Gasteiger partial charge in [-0.3, -0.25) is 0 Å². The summed E-state index contributed by atoms with van der Waals surface area (Å²) in [4.78, 5) is 4.06. The second kappa shape index (κ2) is 8.06. The highest BCUT2D eigenvalue weighted by Gasteiger charge is 2.31. The summed E-state index contributed by atoms with van der Waals surface area (Å²) in [6, 6.07) is 12.2. The maximum atomic E-state index is 13.4. The van der Waals surface area contributed by atoms with E-state index in [4.69, 9.17) is 4.74 Å². The van der Waals surface area contributed by atoms with Crippen molar-refractivity contribution >= 4 is 9.84 Å². The van der Waals surface area contributed by atoms with Crippen LogP contribution in [0.4, 0.5) is 17.6 Å². The smallest absolute Gasteiger partial charge is 0.394 e. The molecule has 9 heteroatoms. The fourth-order valence-electron chi connectivity index (χ4n) is 3.04. The van der Waals surface area contributed by atoms with Crippen molar-refractivity contribution in [3.05, 3.63) is 66.1 Å². The zero-order chi connectivity index (χ0) is 22.1. The Kier molecular flexibility index (Phi) is 5.85. The summed E-state index contributed by atoms with van der Waals surface area (Å²) in [7, 11) is -2.16. The summed E-state index contributed by atoms with van der Waals surface area (Å²) in [5.74, 6) is -0.557. The lowest BCUT2D eigenvalue weighted by molar-refractivity contribution is -0.127. The van der Waals surface area contributed by atoms with Gasteiger partial charge in [-0.1, -0.05) is 24.3 Å². The van der Waals surface area contributed by atoms with Crippen LogP contribution >= 0.6 is 0 Å². The molecule has 2 aromatic carbocycles. The maximum Gasteiger partial charge on any atom is 0.394 e. The molecule has 0 aliphatic heterocycles. The SMILES string of the molecule is COc1cc(-c2ccc(S(C)(=O)=O)cc2)c(-c2ccc(F)cc2)c(CC(F)(F)F)n1. The fraction of sp³-hybridized carbons (Fsp3) is 0.190. The largest absolute Gasteiger partial charge is 0.481 e. The summed E-state index contributed by atoms with van der Waals surface area (Å²) in [6.45, 7) is 0. The highest BCUT2D eigenvalue weighted by atomic mass is 32.2. The lowest BCUT2D eigenvalue weighted by Gasteiger charge is -2.18. The van der Waals surface area contributed by atoms with Gasteiger partial charge in [0.2, 0.25) is 5.88 Å². The van der Waals surface area contributed by atoms with E-state index in [1.807, 2.05) is 0 Å². The van der Waals surface area contributed by atoms with Crippen LogP contribution < -0.4 is 4.74 Å². The number of rotatable bonds is 5. The number of hydrogen-bond donors (Lipinski definition) is 0. The van der Waals surface area contributed by atoms with Crippen LogP contribution in [0.5, 0.6) is 5.88 Å². The van der Waals surface area contributed by atoms with Crippen molar-refractivity contribution in [2.45, 2.75) is 17.5 Å². The second-order valence-electron chi connectivity index (χ2n) is 6.63. The molecule has 1 heterocycles. The van der Waals surface area contributed by atoms with Crippen LogP contribution in [-0.4, -0.2) is 32.9 Å². The molecule has 0 aliphatic rings. The molecule has 158 valence electrons. The Morgan fingerprint density at radius 2 is 1.53 bits per heavy atom. The molecule has 0 bridgehead atoms. The average molecular weight is 439 g/mol. The number of benzene rings is 2. The first kappa shape index (κ1) is 21.8. The first-order valence-electron chi connectivity index (χ1n) is 8.69. The second-order valence-corrected chi connectivity index (χ2v) is 8.64. The Bertz CT molecular complexity index is 1160. The molecule has 0 saturated carbocycles. The van der Waals surface area contributed by atoms with Crippen molar-refractivity contribution in [1.29, 1.82) is 0 Å². The normalized spacial score (nSPS) is 12.1. The third-order valence-corrected chi connectivity index (χ3v) is 5.50. The van der Waals surface area contributed by atoms with Crippen molar-refractivity contribution in [2.75, 3.05) is 13.4 Å². The molecule has 0 spiro atoms. The fourth-order valence-corrected chi connectivity index (χ4v) is 3.67. The number of alkyl halides is 3. The van der Waals surface area contributed by atoms with Gasteiger partial charge >= 0.3 is 6.18 Å². The van der Waals surface area contributed by atoms with Gasteiger partial charge in [-0.2, -0.15) is 13.2 Å². The van der Waals surface area contributed by atoms with Crippen molar-refractivity contribution in [2.24, 2.45) is 0 Å². The Hall–Kier alpha value is -2.94.